The molecule has 3 aromatic rings. The van der Waals surface area contributed by atoms with Crippen molar-refractivity contribution in [1.82, 2.24) is 20.1 Å². The third kappa shape index (κ3) is 5.21. The molecular weight excluding hydrogens is 456 g/mol. The van der Waals surface area contributed by atoms with Crippen LogP contribution in [0.4, 0.5) is 14.5 Å². The smallest absolute Gasteiger partial charge is 0.230 e. The number of hydrogen-bond donors (Lipinski definition) is 1. The molecule has 1 aliphatic rings. The Morgan fingerprint density at radius 2 is 2.03 bits per heavy atom. The van der Waals surface area contributed by atoms with E-state index in [2.05, 4.69) is 15.5 Å². The minimum absolute atomic E-state index is 0.0993. The molecule has 0 bridgehead atoms. The number of thioether (sulfide) groups is 1. The fraction of sp³-hybridized carbons (Fsp3) is 0.318. The average molecular weight is 478 g/mol. The molecule has 0 radical (unpaired) electrons. The van der Waals surface area contributed by atoms with Crippen LogP contribution in [0, 0.1) is 24.5 Å². The maximum atomic E-state index is 13.5. The summed E-state index contributed by atoms with van der Waals surface area (Å²) in [7, 11) is 0. The van der Waals surface area contributed by atoms with Crippen molar-refractivity contribution in [2.45, 2.75) is 18.5 Å². The van der Waals surface area contributed by atoms with Crippen LogP contribution in [0.5, 0.6) is 0 Å². The van der Waals surface area contributed by atoms with Crippen molar-refractivity contribution in [2.75, 3.05) is 30.3 Å². The SMILES string of the molecule is Cc1ccc(-n2cnnc2SCC(=O)NCC2CCN(c3ccc(F)c(F)c3)C2)cc1Cl. The van der Waals surface area contributed by atoms with E-state index in [1.165, 1.54) is 17.8 Å². The highest BCUT2D eigenvalue weighted by molar-refractivity contribution is 7.99. The van der Waals surface area contributed by atoms with Crippen molar-refractivity contribution in [3.8, 4) is 5.69 Å². The number of nitrogens with one attached hydrogen (secondary N) is 1. The first-order valence-electron chi connectivity index (χ1n) is 10.2. The molecule has 2 aromatic carbocycles. The second kappa shape index (κ2) is 9.87. The summed E-state index contributed by atoms with van der Waals surface area (Å²) in [5.74, 6) is -1.35. The van der Waals surface area contributed by atoms with Crippen molar-refractivity contribution >= 4 is 35.0 Å². The van der Waals surface area contributed by atoms with Gasteiger partial charge in [-0.1, -0.05) is 29.4 Å². The topological polar surface area (TPSA) is 63.1 Å². The van der Waals surface area contributed by atoms with Gasteiger partial charge in [-0.15, -0.1) is 10.2 Å². The van der Waals surface area contributed by atoms with Gasteiger partial charge in [-0.3, -0.25) is 9.36 Å². The first-order chi connectivity index (χ1) is 15.4. The van der Waals surface area contributed by atoms with E-state index in [0.717, 1.165) is 30.3 Å². The molecule has 168 valence electrons. The van der Waals surface area contributed by atoms with Crippen molar-refractivity contribution in [1.29, 1.82) is 0 Å². The van der Waals surface area contributed by atoms with E-state index in [4.69, 9.17) is 11.6 Å². The zero-order valence-corrected chi connectivity index (χ0v) is 19.0. The van der Waals surface area contributed by atoms with Gasteiger partial charge < -0.3 is 10.2 Å². The molecule has 0 saturated carbocycles. The lowest BCUT2D eigenvalue weighted by Crippen LogP contribution is -2.32. The number of aryl methyl sites for hydroxylation is 1. The Labute approximate surface area is 194 Å². The average Bonchev–Trinajstić information content (AvgIpc) is 3.44. The van der Waals surface area contributed by atoms with Crippen LogP contribution in [0.25, 0.3) is 5.69 Å². The highest BCUT2D eigenvalue weighted by atomic mass is 35.5. The normalized spacial score (nSPS) is 15.9. The fourth-order valence-electron chi connectivity index (χ4n) is 3.59. The predicted molar refractivity (Wildman–Crippen MR) is 122 cm³/mol. The summed E-state index contributed by atoms with van der Waals surface area (Å²) in [6.45, 7) is 3.88. The van der Waals surface area contributed by atoms with Gasteiger partial charge >= 0.3 is 0 Å². The molecule has 0 spiro atoms. The van der Waals surface area contributed by atoms with Gasteiger partial charge in [0, 0.05) is 36.4 Å². The monoisotopic (exact) mass is 477 g/mol. The minimum atomic E-state index is -0.851. The van der Waals surface area contributed by atoms with Gasteiger partial charge in [-0.25, -0.2) is 8.78 Å². The number of rotatable bonds is 7. The summed E-state index contributed by atoms with van der Waals surface area (Å²) in [6.07, 6.45) is 2.46. The summed E-state index contributed by atoms with van der Waals surface area (Å²) in [5, 5.41) is 12.3. The van der Waals surface area contributed by atoms with E-state index in [9.17, 15) is 13.6 Å². The number of benzene rings is 2. The molecule has 1 N–H and O–H groups in total. The van der Waals surface area contributed by atoms with Crippen LogP contribution in [-0.2, 0) is 4.79 Å². The number of halogens is 3. The lowest BCUT2D eigenvalue weighted by Gasteiger charge is -2.19. The molecule has 6 nitrogen and oxygen atoms in total. The minimum Gasteiger partial charge on any atom is -0.371 e. The summed E-state index contributed by atoms with van der Waals surface area (Å²) in [5.41, 5.74) is 2.47. The Morgan fingerprint density at radius 1 is 1.22 bits per heavy atom. The Bertz CT molecular complexity index is 1130. The maximum absolute atomic E-state index is 13.5. The van der Waals surface area contributed by atoms with Crippen LogP contribution in [0.3, 0.4) is 0 Å². The van der Waals surface area contributed by atoms with Gasteiger partial charge in [0.25, 0.3) is 0 Å². The van der Waals surface area contributed by atoms with Crippen molar-refractivity contribution < 1.29 is 13.6 Å². The molecule has 1 fully saturated rings. The number of carbonyl (C=O) groups excluding carboxylic acids is 1. The highest BCUT2D eigenvalue weighted by Crippen LogP contribution is 2.26. The van der Waals surface area contributed by atoms with E-state index in [1.54, 1.807) is 17.0 Å². The van der Waals surface area contributed by atoms with Crippen LogP contribution < -0.4 is 10.2 Å². The molecular formula is C22H22ClF2N5OS. The summed E-state index contributed by atoms with van der Waals surface area (Å²) >= 11 is 7.51. The van der Waals surface area contributed by atoms with Gasteiger partial charge in [0.1, 0.15) is 6.33 Å². The molecule has 0 aliphatic carbocycles. The van der Waals surface area contributed by atoms with E-state index in [1.807, 2.05) is 30.0 Å². The molecule has 2 heterocycles. The van der Waals surface area contributed by atoms with Gasteiger partial charge in [-0.2, -0.15) is 0 Å². The summed E-state index contributed by atoms with van der Waals surface area (Å²) < 4.78 is 28.4. The highest BCUT2D eigenvalue weighted by Gasteiger charge is 2.24. The molecule has 32 heavy (non-hydrogen) atoms. The largest absolute Gasteiger partial charge is 0.371 e. The van der Waals surface area contributed by atoms with Crippen molar-refractivity contribution in [3.63, 3.8) is 0 Å². The van der Waals surface area contributed by atoms with Gasteiger partial charge in [0.05, 0.1) is 11.4 Å². The predicted octanol–water partition coefficient (Wildman–Crippen LogP) is 4.24. The quantitative estimate of drug-likeness (QED) is 0.516. The second-order valence-electron chi connectivity index (χ2n) is 7.71. The first-order valence-corrected chi connectivity index (χ1v) is 11.5. The van der Waals surface area contributed by atoms with E-state index < -0.39 is 11.6 Å². The van der Waals surface area contributed by atoms with E-state index in [0.29, 0.717) is 29.0 Å². The van der Waals surface area contributed by atoms with Crippen molar-refractivity contribution in [3.05, 3.63) is 64.9 Å². The zero-order chi connectivity index (χ0) is 22.7. The number of anilines is 1. The number of hydrogen-bond acceptors (Lipinski definition) is 5. The molecule has 10 heteroatoms. The van der Waals surface area contributed by atoms with Gasteiger partial charge in [0.2, 0.25) is 5.91 Å². The van der Waals surface area contributed by atoms with Crippen LogP contribution in [0.15, 0.2) is 47.9 Å². The molecule has 1 unspecified atom stereocenters. The lowest BCUT2D eigenvalue weighted by atomic mass is 10.1. The number of nitrogens with zero attached hydrogens (tertiary/aromatic N) is 4. The van der Waals surface area contributed by atoms with E-state index in [-0.39, 0.29) is 17.6 Å². The van der Waals surface area contributed by atoms with Gasteiger partial charge in [0.15, 0.2) is 16.8 Å². The second-order valence-corrected chi connectivity index (χ2v) is 9.06. The number of amides is 1. The molecule has 1 atom stereocenters. The van der Waals surface area contributed by atoms with Crippen LogP contribution >= 0.6 is 23.4 Å². The lowest BCUT2D eigenvalue weighted by molar-refractivity contribution is -0.118. The Balaban J connectivity index is 1.26. The summed E-state index contributed by atoms with van der Waals surface area (Å²) in [4.78, 5) is 14.4. The molecule has 4 rings (SSSR count). The first kappa shape index (κ1) is 22.5. The van der Waals surface area contributed by atoms with Crippen LogP contribution in [0.1, 0.15) is 12.0 Å². The van der Waals surface area contributed by atoms with E-state index >= 15 is 0 Å². The molecule has 1 aliphatic heterocycles. The fourth-order valence-corrected chi connectivity index (χ4v) is 4.52. The molecule has 1 saturated heterocycles. The Morgan fingerprint density at radius 3 is 2.81 bits per heavy atom. The Kier molecular flexibility index (Phi) is 6.95. The molecule has 1 amide bonds. The maximum Gasteiger partial charge on any atom is 0.230 e. The van der Waals surface area contributed by atoms with Crippen LogP contribution in [0.2, 0.25) is 5.02 Å². The van der Waals surface area contributed by atoms with Crippen LogP contribution in [-0.4, -0.2) is 46.1 Å². The zero-order valence-electron chi connectivity index (χ0n) is 17.4. The Hall–Kier alpha value is -2.65. The standard InChI is InChI=1S/C22H22ClF2N5OS/c1-14-2-3-17(8-18(14)23)30-13-27-28-22(30)32-12-21(31)26-10-15-6-7-29(11-15)16-4-5-19(24)20(25)9-16/h2-5,8-9,13,15H,6-7,10-12H2,1H3,(H,26,31). The summed E-state index contributed by atoms with van der Waals surface area (Å²) in [6, 6.07) is 9.61. The van der Waals surface area contributed by atoms with Crippen molar-refractivity contribution in [2.24, 2.45) is 5.92 Å². The molecule has 1 aromatic heterocycles. The van der Waals surface area contributed by atoms with Gasteiger partial charge in [-0.05, 0) is 49.1 Å². The third-order valence-electron chi connectivity index (χ3n) is 5.42. The number of carbonyl (C=O) groups is 1. The third-order valence-corrected chi connectivity index (χ3v) is 6.77. The number of aromatic nitrogens is 3.